The number of nitrogens with zero attached hydrogens (tertiary/aromatic N) is 1. The van der Waals surface area contributed by atoms with Crippen LogP contribution >= 0.6 is 0 Å². The highest BCUT2D eigenvalue weighted by Gasteiger charge is 2.13. The van der Waals surface area contributed by atoms with E-state index in [2.05, 4.69) is 36.1 Å². The van der Waals surface area contributed by atoms with Crippen LogP contribution in [0, 0.1) is 5.92 Å². The average Bonchev–Trinajstić information content (AvgIpc) is 2.69. The molecule has 1 aliphatic rings. The van der Waals surface area contributed by atoms with Crippen molar-refractivity contribution in [3.05, 3.63) is 35.4 Å². The van der Waals surface area contributed by atoms with E-state index >= 15 is 0 Å². The average molecular weight is 274 g/mol. The summed E-state index contributed by atoms with van der Waals surface area (Å²) >= 11 is 0. The van der Waals surface area contributed by atoms with Gasteiger partial charge < -0.3 is 10.6 Å². The van der Waals surface area contributed by atoms with Crippen molar-refractivity contribution in [3.8, 4) is 0 Å². The van der Waals surface area contributed by atoms with E-state index in [4.69, 9.17) is 5.73 Å². The molecule has 0 saturated heterocycles. The molecule has 1 aliphatic heterocycles. The van der Waals surface area contributed by atoms with Crippen LogP contribution in [0.25, 0.3) is 0 Å². The minimum Gasteiger partial charge on any atom is -0.330 e. The Morgan fingerprint density at radius 2 is 1.75 bits per heavy atom. The Morgan fingerprint density at radius 3 is 2.30 bits per heavy atom. The molecule has 2 rings (SSSR count). The van der Waals surface area contributed by atoms with Gasteiger partial charge in [0.15, 0.2) is 0 Å². The number of fused-ring (bicyclic) bond motifs is 1. The third-order valence-electron chi connectivity index (χ3n) is 4.75. The van der Waals surface area contributed by atoms with Crippen LogP contribution in [0.3, 0.4) is 0 Å². The van der Waals surface area contributed by atoms with E-state index in [-0.39, 0.29) is 0 Å². The van der Waals surface area contributed by atoms with Gasteiger partial charge in [0.2, 0.25) is 0 Å². The largest absolute Gasteiger partial charge is 0.330 e. The number of hydrogen-bond acceptors (Lipinski definition) is 2. The van der Waals surface area contributed by atoms with E-state index in [9.17, 15) is 0 Å². The third-order valence-corrected chi connectivity index (χ3v) is 4.75. The second-order valence-corrected chi connectivity index (χ2v) is 6.10. The lowest BCUT2D eigenvalue weighted by Gasteiger charge is -2.21. The van der Waals surface area contributed by atoms with E-state index < -0.39 is 0 Å². The molecule has 0 aromatic heterocycles. The summed E-state index contributed by atoms with van der Waals surface area (Å²) in [6.45, 7) is 6.85. The molecule has 2 nitrogen and oxygen atoms in total. The molecule has 0 aliphatic carbocycles. The molecular formula is C18H30N2. The summed E-state index contributed by atoms with van der Waals surface area (Å²) in [5, 5.41) is 0. The lowest BCUT2D eigenvalue weighted by Crippen LogP contribution is -2.28. The van der Waals surface area contributed by atoms with Crippen molar-refractivity contribution < 1.29 is 0 Å². The van der Waals surface area contributed by atoms with Crippen LogP contribution in [0.4, 0.5) is 0 Å². The van der Waals surface area contributed by atoms with Crippen molar-refractivity contribution in [1.82, 2.24) is 4.90 Å². The Hall–Kier alpha value is -0.860. The smallest absolute Gasteiger partial charge is 0.00221 e. The Bertz CT molecular complexity index is 362. The molecule has 20 heavy (non-hydrogen) atoms. The van der Waals surface area contributed by atoms with Gasteiger partial charge in [0.1, 0.15) is 0 Å². The van der Waals surface area contributed by atoms with Crippen molar-refractivity contribution in [2.24, 2.45) is 11.7 Å². The van der Waals surface area contributed by atoms with Gasteiger partial charge in [-0.3, -0.25) is 0 Å². The van der Waals surface area contributed by atoms with E-state index in [1.165, 1.54) is 58.2 Å². The van der Waals surface area contributed by atoms with Gasteiger partial charge in [0.05, 0.1) is 0 Å². The molecule has 2 heteroatoms. The Labute approximate surface area is 124 Å². The number of hydrogen-bond donors (Lipinski definition) is 1. The van der Waals surface area contributed by atoms with Gasteiger partial charge in [-0.1, -0.05) is 37.6 Å². The van der Waals surface area contributed by atoms with Crippen LogP contribution in [0.5, 0.6) is 0 Å². The fraction of sp³-hybridized carbons (Fsp3) is 0.667. The molecule has 0 saturated carbocycles. The number of rotatable bonds is 7. The van der Waals surface area contributed by atoms with Gasteiger partial charge >= 0.3 is 0 Å². The van der Waals surface area contributed by atoms with Crippen LogP contribution < -0.4 is 5.73 Å². The maximum atomic E-state index is 5.68. The van der Waals surface area contributed by atoms with E-state index in [0.29, 0.717) is 0 Å². The maximum absolute atomic E-state index is 5.68. The highest BCUT2D eigenvalue weighted by atomic mass is 15.1. The predicted molar refractivity (Wildman–Crippen MR) is 87.0 cm³/mol. The minimum atomic E-state index is 0.837. The summed E-state index contributed by atoms with van der Waals surface area (Å²) in [4.78, 5) is 2.65. The van der Waals surface area contributed by atoms with E-state index in [0.717, 1.165) is 12.5 Å². The van der Waals surface area contributed by atoms with E-state index in [1.54, 1.807) is 11.1 Å². The minimum absolute atomic E-state index is 0.837. The molecule has 1 aromatic rings. The Kier molecular flexibility index (Phi) is 6.55. The summed E-state index contributed by atoms with van der Waals surface area (Å²) in [7, 11) is 0. The second-order valence-electron chi connectivity index (χ2n) is 6.10. The molecule has 1 unspecified atom stereocenters. The van der Waals surface area contributed by atoms with Crippen LogP contribution in [0.2, 0.25) is 0 Å². The fourth-order valence-corrected chi connectivity index (χ4v) is 3.33. The van der Waals surface area contributed by atoms with Crippen LogP contribution in [-0.2, 0) is 12.8 Å². The van der Waals surface area contributed by atoms with Crippen LogP contribution in [-0.4, -0.2) is 31.1 Å². The van der Waals surface area contributed by atoms with Crippen molar-refractivity contribution in [2.45, 2.75) is 45.4 Å². The highest BCUT2D eigenvalue weighted by Crippen LogP contribution is 2.18. The molecule has 112 valence electrons. The summed E-state index contributed by atoms with van der Waals surface area (Å²) in [6, 6.07) is 8.95. The van der Waals surface area contributed by atoms with Crippen LogP contribution in [0.15, 0.2) is 24.3 Å². The third kappa shape index (κ3) is 4.60. The summed E-state index contributed by atoms with van der Waals surface area (Å²) < 4.78 is 0. The van der Waals surface area contributed by atoms with Gasteiger partial charge in [-0.25, -0.2) is 0 Å². The molecule has 2 N–H and O–H groups in total. The number of benzene rings is 1. The zero-order valence-corrected chi connectivity index (χ0v) is 13.0. The van der Waals surface area contributed by atoms with Gasteiger partial charge in [-0.05, 0) is 62.2 Å². The topological polar surface area (TPSA) is 29.3 Å². The zero-order valence-electron chi connectivity index (χ0n) is 13.0. The molecule has 1 atom stereocenters. The first-order valence-corrected chi connectivity index (χ1v) is 8.32. The summed E-state index contributed by atoms with van der Waals surface area (Å²) in [5.74, 6) is 0.837. The highest BCUT2D eigenvalue weighted by molar-refractivity contribution is 5.28. The lowest BCUT2D eigenvalue weighted by molar-refractivity contribution is 0.269. The summed E-state index contributed by atoms with van der Waals surface area (Å²) in [6.07, 6.45) is 7.59. The molecule has 0 spiro atoms. The number of nitrogens with two attached hydrogens (primary N) is 1. The molecule has 1 heterocycles. The standard InChI is InChI=1S/C18H30N2/c1-2-16(9-12-19)6-5-13-20-14-10-17-7-3-4-8-18(17)11-15-20/h3-4,7-8,16H,2,5-6,9-15,19H2,1H3. The van der Waals surface area contributed by atoms with Crippen molar-refractivity contribution in [2.75, 3.05) is 26.2 Å². The summed E-state index contributed by atoms with van der Waals surface area (Å²) in [5.41, 5.74) is 8.80. The monoisotopic (exact) mass is 274 g/mol. The second kappa shape index (κ2) is 8.43. The molecule has 1 aromatic carbocycles. The zero-order chi connectivity index (χ0) is 14.2. The normalized spacial score (nSPS) is 17.5. The van der Waals surface area contributed by atoms with Gasteiger partial charge in [-0.15, -0.1) is 0 Å². The van der Waals surface area contributed by atoms with Crippen LogP contribution in [0.1, 0.15) is 43.7 Å². The molecular weight excluding hydrogens is 244 g/mol. The molecule has 0 radical (unpaired) electrons. The molecule has 0 amide bonds. The SMILES string of the molecule is CCC(CCN)CCCN1CCc2ccccc2CC1. The van der Waals surface area contributed by atoms with Crippen molar-refractivity contribution >= 4 is 0 Å². The lowest BCUT2D eigenvalue weighted by atomic mass is 9.96. The maximum Gasteiger partial charge on any atom is 0.00221 e. The van der Waals surface area contributed by atoms with E-state index in [1.807, 2.05) is 0 Å². The van der Waals surface area contributed by atoms with Gasteiger partial charge in [0.25, 0.3) is 0 Å². The first-order chi connectivity index (χ1) is 9.83. The quantitative estimate of drug-likeness (QED) is 0.827. The Morgan fingerprint density at radius 1 is 1.10 bits per heavy atom. The fourth-order valence-electron chi connectivity index (χ4n) is 3.33. The van der Waals surface area contributed by atoms with Gasteiger partial charge in [-0.2, -0.15) is 0 Å². The predicted octanol–water partition coefficient (Wildman–Crippen LogP) is 3.24. The first-order valence-electron chi connectivity index (χ1n) is 8.32. The van der Waals surface area contributed by atoms with Crippen molar-refractivity contribution in [1.29, 1.82) is 0 Å². The molecule has 0 fully saturated rings. The first kappa shape index (κ1) is 15.5. The molecule has 0 bridgehead atoms. The Balaban J connectivity index is 1.73. The van der Waals surface area contributed by atoms with Gasteiger partial charge in [0, 0.05) is 13.1 Å². The van der Waals surface area contributed by atoms with Crippen molar-refractivity contribution in [3.63, 3.8) is 0 Å².